The molecule has 1 aromatic rings. The molecule has 0 spiro atoms. The molecule has 0 saturated carbocycles. The minimum Gasteiger partial charge on any atom is -0.316 e. The molecule has 3 nitrogen and oxygen atoms in total. The smallest absolute Gasteiger partial charge is 0.0271 e. The fourth-order valence-corrected chi connectivity index (χ4v) is 2.07. The van der Waals surface area contributed by atoms with E-state index in [2.05, 4.69) is 55.2 Å². The molecule has 0 fully saturated rings. The Hall–Kier alpha value is -0.930. The van der Waals surface area contributed by atoms with Crippen LogP contribution in [0.1, 0.15) is 39.2 Å². The van der Waals surface area contributed by atoms with Gasteiger partial charge in [0.15, 0.2) is 0 Å². The van der Waals surface area contributed by atoms with Crippen LogP contribution in [0.3, 0.4) is 0 Å². The van der Waals surface area contributed by atoms with Crippen LogP contribution in [0.2, 0.25) is 0 Å². The third-order valence-electron chi connectivity index (χ3n) is 3.46. The Bertz CT molecular complexity index is 324. The molecule has 19 heavy (non-hydrogen) atoms. The van der Waals surface area contributed by atoms with Crippen molar-refractivity contribution in [1.29, 1.82) is 0 Å². The molecule has 1 N–H and O–H groups in total. The van der Waals surface area contributed by atoms with Crippen molar-refractivity contribution in [3.8, 4) is 0 Å². The summed E-state index contributed by atoms with van der Waals surface area (Å²) in [6, 6.07) is 4.80. The van der Waals surface area contributed by atoms with Gasteiger partial charge in [0.05, 0.1) is 0 Å². The molecule has 0 saturated heterocycles. The molecule has 108 valence electrons. The van der Waals surface area contributed by atoms with Crippen molar-refractivity contribution in [3.63, 3.8) is 0 Å². The van der Waals surface area contributed by atoms with Crippen molar-refractivity contribution in [2.75, 3.05) is 20.1 Å². The number of aromatic nitrogens is 1. The highest BCUT2D eigenvalue weighted by Crippen LogP contribution is 2.09. The molecule has 3 heteroatoms. The summed E-state index contributed by atoms with van der Waals surface area (Å²) in [7, 11) is 2.20. The second kappa shape index (κ2) is 9.05. The number of nitrogens with zero attached hydrogens (tertiary/aromatic N) is 2. The first kappa shape index (κ1) is 16.1. The third kappa shape index (κ3) is 7.28. The number of hydrogen-bond acceptors (Lipinski definition) is 3. The van der Waals surface area contributed by atoms with Gasteiger partial charge in [-0.3, -0.25) is 9.88 Å². The third-order valence-corrected chi connectivity index (χ3v) is 3.46. The molecular formula is C16H29N3. The molecule has 0 aliphatic carbocycles. The average Bonchev–Trinajstić information content (AvgIpc) is 2.38. The normalized spacial score (nSPS) is 13.2. The van der Waals surface area contributed by atoms with Crippen LogP contribution in [-0.4, -0.2) is 36.1 Å². The van der Waals surface area contributed by atoms with Gasteiger partial charge in [-0.05, 0) is 63.5 Å². The predicted octanol–water partition coefficient (Wildman–Crippen LogP) is 2.93. The van der Waals surface area contributed by atoms with Crippen molar-refractivity contribution in [1.82, 2.24) is 15.2 Å². The van der Waals surface area contributed by atoms with Gasteiger partial charge in [0, 0.05) is 25.0 Å². The highest BCUT2D eigenvalue weighted by molar-refractivity contribution is 5.09. The molecule has 1 atom stereocenters. The lowest BCUT2D eigenvalue weighted by atomic mass is 10.1. The summed E-state index contributed by atoms with van der Waals surface area (Å²) < 4.78 is 0. The lowest BCUT2D eigenvalue weighted by molar-refractivity contribution is 0.234. The number of nitrogens with one attached hydrogen (secondary N) is 1. The van der Waals surface area contributed by atoms with Crippen LogP contribution in [0.15, 0.2) is 24.5 Å². The minimum absolute atomic E-state index is 0.619. The lowest BCUT2D eigenvalue weighted by Gasteiger charge is -2.24. The Morgan fingerprint density at radius 1 is 1.21 bits per heavy atom. The molecule has 0 bridgehead atoms. The van der Waals surface area contributed by atoms with Crippen molar-refractivity contribution in [3.05, 3.63) is 30.1 Å². The van der Waals surface area contributed by atoms with Crippen molar-refractivity contribution >= 4 is 0 Å². The zero-order valence-corrected chi connectivity index (χ0v) is 12.9. The second-order valence-electron chi connectivity index (χ2n) is 5.86. The fourth-order valence-electron chi connectivity index (χ4n) is 2.07. The van der Waals surface area contributed by atoms with Crippen molar-refractivity contribution < 1.29 is 0 Å². The molecule has 1 unspecified atom stereocenters. The summed E-state index contributed by atoms with van der Waals surface area (Å²) in [4.78, 5) is 6.47. The Balaban J connectivity index is 2.16. The molecule has 0 aromatic carbocycles. The Labute approximate surface area is 118 Å². The van der Waals surface area contributed by atoms with Crippen molar-refractivity contribution in [2.24, 2.45) is 5.92 Å². The lowest BCUT2D eigenvalue weighted by Crippen LogP contribution is -2.30. The first-order valence-corrected chi connectivity index (χ1v) is 7.39. The molecule has 1 aromatic heterocycles. The number of pyridine rings is 1. The predicted molar refractivity (Wildman–Crippen MR) is 82.1 cm³/mol. The Morgan fingerprint density at radius 2 is 1.89 bits per heavy atom. The van der Waals surface area contributed by atoms with E-state index in [4.69, 9.17) is 0 Å². The van der Waals surface area contributed by atoms with E-state index < -0.39 is 0 Å². The van der Waals surface area contributed by atoms with Crippen molar-refractivity contribution in [2.45, 2.75) is 46.2 Å². The molecule has 1 heterocycles. The zero-order valence-electron chi connectivity index (χ0n) is 12.9. The Morgan fingerprint density at radius 3 is 2.53 bits per heavy atom. The van der Waals surface area contributed by atoms with Crippen LogP contribution in [0, 0.1) is 5.92 Å². The molecule has 1 rings (SSSR count). The van der Waals surface area contributed by atoms with Gasteiger partial charge in [-0.1, -0.05) is 13.8 Å². The van der Waals surface area contributed by atoms with Gasteiger partial charge < -0.3 is 5.32 Å². The molecular weight excluding hydrogens is 234 g/mol. The summed E-state index contributed by atoms with van der Waals surface area (Å²) in [5, 5.41) is 3.50. The molecule has 0 aliphatic heterocycles. The Kier molecular flexibility index (Phi) is 7.68. The summed E-state index contributed by atoms with van der Waals surface area (Å²) in [6.45, 7) is 10.1. The number of hydrogen-bond donors (Lipinski definition) is 1. The van der Waals surface area contributed by atoms with Gasteiger partial charge >= 0.3 is 0 Å². The molecule has 0 amide bonds. The van der Waals surface area contributed by atoms with Crippen LogP contribution >= 0.6 is 0 Å². The monoisotopic (exact) mass is 263 g/mol. The topological polar surface area (TPSA) is 28.2 Å². The van der Waals surface area contributed by atoms with Gasteiger partial charge in [-0.15, -0.1) is 0 Å². The van der Waals surface area contributed by atoms with Gasteiger partial charge in [0.2, 0.25) is 0 Å². The van der Waals surface area contributed by atoms with Gasteiger partial charge in [0.1, 0.15) is 0 Å². The SMILES string of the molecule is CC(C)CNCCCC(C)N(C)Cc1ccncc1. The standard InChI is InChI=1S/C16H29N3/c1-14(2)12-18-9-5-6-15(3)19(4)13-16-7-10-17-11-8-16/h7-8,10-11,14-15,18H,5-6,9,12-13H2,1-4H3. The first-order chi connectivity index (χ1) is 9.09. The first-order valence-electron chi connectivity index (χ1n) is 7.39. The van der Waals surface area contributed by atoms with Crippen LogP contribution in [0.4, 0.5) is 0 Å². The zero-order chi connectivity index (χ0) is 14.1. The van der Waals surface area contributed by atoms with E-state index in [1.807, 2.05) is 12.4 Å². The van der Waals surface area contributed by atoms with E-state index in [-0.39, 0.29) is 0 Å². The van der Waals surface area contributed by atoms with Crippen LogP contribution in [0.5, 0.6) is 0 Å². The number of rotatable bonds is 9. The highest BCUT2D eigenvalue weighted by Gasteiger charge is 2.09. The average molecular weight is 263 g/mol. The van der Waals surface area contributed by atoms with Gasteiger partial charge in [-0.2, -0.15) is 0 Å². The maximum atomic E-state index is 4.05. The molecule has 0 radical (unpaired) electrons. The van der Waals surface area contributed by atoms with E-state index in [0.717, 1.165) is 25.6 Å². The van der Waals surface area contributed by atoms with E-state index >= 15 is 0 Å². The van der Waals surface area contributed by atoms with Gasteiger partial charge in [0.25, 0.3) is 0 Å². The van der Waals surface area contributed by atoms with E-state index in [0.29, 0.717) is 6.04 Å². The minimum atomic E-state index is 0.619. The van der Waals surface area contributed by atoms with E-state index in [1.54, 1.807) is 0 Å². The maximum Gasteiger partial charge on any atom is 0.0271 e. The van der Waals surface area contributed by atoms with Gasteiger partial charge in [-0.25, -0.2) is 0 Å². The fraction of sp³-hybridized carbons (Fsp3) is 0.688. The maximum absolute atomic E-state index is 4.05. The highest BCUT2D eigenvalue weighted by atomic mass is 15.1. The van der Waals surface area contributed by atoms with Crippen LogP contribution in [0.25, 0.3) is 0 Å². The summed E-state index contributed by atoms with van der Waals surface area (Å²) in [5.41, 5.74) is 1.34. The summed E-state index contributed by atoms with van der Waals surface area (Å²) >= 11 is 0. The second-order valence-corrected chi connectivity index (χ2v) is 5.86. The van der Waals surface area contributed by atoms with E-state index in [1.165, 1.54) is 18.4 Å². The summed E-state index contributed by atoms with van der Waals surface area (Å²) in [6.07, 6.45) is 6.22. The summed E-state index contributed by atoms with van der Waals surface area (Å²) in [5.74, 6) is 0.742. The van der Waals surface area contributed by atoms with Crippen LogP contribution in [-0.2, 0) is 6.54 Å². The largest absolute Gasteiger partial charge is 0.316 e. The van der Waals surface area contributed by atoms with E-state index in [9.17, 15) is 0 Å². The quantitative estimate of drug-likeness (QED) is 0.694. The van der Waals surface area contributed by atoms with Crippen LogP contribution < -0.4 is 5.32 Å². The molecule has 0 aliphatic rings.